The monoisotopic (exact) mass is 368 g/mol. The Bertz CT molecular complexity index is 756. The van der Waals surface area contributed by atoms with Crippen LogP contribution in [0.2, 0.25) is 0 Å². The molecule has 130 valence electrons. The molecule has 2 rings (SSSR count). The first kappa shape index (κ1) is 18.6. The third-order valence-electron chi connectivity index (χ3n) is 3.54. The maximum atomic E-state index is 11.9. The van der Waals surface area contributed by atoms with Crippen LogP contribution in [0.5, 0.6) is 0 Å². The number of carbonyl (C=O) groups excluding carboxylic acids is 1. The van der Waals surface area contributed by atoms with Gasteiger partial charge in [-0.15, -0.1) is 0 Å². The fourth-order valence-electron chi connectivity index (χ4n) is 2.33. The quantitative estimate of drug-likeness (QED) is 0.601. The lowest BCUT2D eigenvalue weighted by Gasteiger charge is -2.13. The highest BCUT2D eigenvalue weighted by atomic mass is 32.2. The summed E-state index contributed by atoms with van der Waals surface area (Å²) >= 11 is 1.66. The van der Waals surface area contributed by atoms with E-state index in [9.17, 15) is 13.2 Å². The molecule has 1 aromatic carbocycles. The van der Waals surface area contributed by atoms with Gasteiger partial charge in [0.05, 0.1) is 11.9 Å². The second kappa shape index (κ2) is 8.39. The van der Waals surface area contributed by atoms with Gasteiger partial charge in [-0.25, -0.2) is 13.6 Å². The van der Waals surface area contributed by atoms with Crippen LogP contribution in [0.15, 0.2) is 46.0 Å². The molecule has 4 N–H and O–H groups in total. The highest BCUT2D eigenvalue weighted by Crippen LogP contribution is 2.08. The SMILES string of the molecule is C[NH+](CC(=O)NCCc1ccc(S(N)(=O)=O)cc1)Cc1ccsc1. The Hall–Kier alpha value is -1.74. The van der Waals surface area contributed by atoms with E-state index in [4.69, 9.17) is 5.14 Å². The van der Waals surface area contributed by atoms with Crippen molar-refractivity contribution in [2.24, 2.45) is 5.14 Å². The number of carbonyl (C=O) groups is 1. The Kier molecular flexibility index (Phi) is 6.50. The number of hydrogen-bond donors (Lipinski definition) is 3. The zero-order chi connectivity index (χ0) is 17.6. The van der Waals surface area contributed by atoms with Gasteiger partial charge < -0.3 is 10.2 Å². The van der Waals surface area contributed by atoms with E-state index < -0.39 is 10.0 Å². The molecule has 0 saturated heterocycles. The van der Waals surface area contributed by atoms with Gasteiger partial charge in [-0.1, -0.05) is 12.1 Å². The van der Waals surface area contributed by atoms with E-state index in [1.54, 1.807) is 23.5 Å². The molecule has 2 aromatic rings. The number of quaternary nitrogens is 1. The van der Waals surface area contributed by atoms with E-state index >= 15 is 0 Å². The summed E-state index contributed by atoms with van der Waals surface area (Å²) in [6.45, 7) is 1.76. The smallest absolute Gasteiger partial charge is 0.275 e. The average Bonchev–Trinajstić information content (AvgIpc) is 2.99. The minimum atomic E-state index is -3.66. The number of amides is 1. The van der Waals surface area contributed by atoms with Gasteiger partial charge in [-0.3, -0.25) is 4.79 Å². The second-order valence-electron chi connectivity index (χ2n) is 5.73. The number of benzene rings is 1. The molecule has 0 aliphatic rings. The largest absolute Gasteiger partial charge is 0.351 e. The van der Waals surface area contributed by atoms with Crippen LogP contribution in [0.25, 0.3) is 0 Å². The van der Waals surface area contributed by atoms with Crippen LogP contribution in [0.3, 0.4) is 0 Å². The number of thiophene rings is 1. The van der Waals surface area contributed by atoms with E-state index in [-0.39, 0.29) is 10.8 Å². The van der Waals surface area contributed by atoms with Gasteiger partial charge in [0.15, 0.2) is 6.54 Å². The molecule has 0 radical (unpaired) electrons. The molecule has 8 heteroatoms. The van der Waals surface area contributed by atoms with E-state index in [1.165, 1.54) is 17.7 Å². The van der Waals surface area contributed by atoms with Crippen LogP contribution < -0.4 is 15.4 Å². The van der Waals surface area contributed by atoms with Crippen molar-refractivity contribution in [2.45, 2.75) is 17.9 Å². The molecule has 6 nitrogen and oxygen atoms in total. The Morgan fingerprint density at radius 2 is 1.92 bits per heavy atom. The van der Waals surface area contributed by atoms with E-state index in [1.807, 2.05) is 12.4 Å². The molecule has 0 fully saturated rings. The maximum absolute atomic E-state index is 11.9. The van der Waals surface area contributed by atoms with Crippen LogP contribution in [-0.2, 0) is 27.8 Å². The third-order valence-corrected chi connectivity index (χ3v) is 5.20. The van der Waals surface area contributed by atoms with Crippen molar-refractivity contribution in [2.75, 3.05) is 20.1 Å². The van der Waals surface area contributed by atoms with Gasteiger partial charge in [-0.2, -0.15) is 11.3 Å². The van der Waals surface area contributed by atoms with Crippen molar-refractivity contribution in [1.29, 1.82) is 0 Å². The molecular weight excluding hydrogens is 346 g/mol. The molecule has 1 amide bonds. The van der Waals surface area contributed by atoms with Crippen molar-refractivity contribution in [3.8, 4) is 0 Å². The van der Waals surface area contributed by atoms with Crippen molar-refractivity contribution < 1.29 is 18.1 Å². The average molecular weight is 369 g/mol. The summed E-state index contributed by atoms with van der Waals surface area (Å²) in [5.41, 5.74) is 2.18. The van der Waals surface area contributed by atoms with E-state index in [2.05, 4.69) is 16.8 Å². The Morgan fingerprint density at radius 3 is 2.50 bits per heavy atom. The number of nitrogens with two attached hydrogens (primary N) is 1. The number of nitrogens with one attached hydrogen (secondary N) is 2. The van der Waals surface area contributed by atoms with E-state index in [0.29, 0.717) is 19.5 Å². The number of hydrogen-bond acceptors (Lipinski definition) is 4. The molecule has 0 bridgehead atoms. The Morgan fingerprint density at radius 1 is 1.21 bits per heavy atom. The van der Waals surface area contributed by atoms with Gasteiger partial charge in [0.1, 0.15) is 6.54 Å². The van der Waals surface area contributed by atoms with Crippen LogP contribution in [0.1, 0.15) is 11.1 Å². The summed E-state index contributed by atoms with van der Waals surface area (Å²) < 4.78 is 22.4. The lowest BCUT2D eigenvalue weighted by Crippen LogP contribution is -3.08. The summed E-state index contributed by atoms with van der Waals surface area (Å²) in [6.07, 6.45) is 0.639. The van der Waals surface area contributed by atoms with Crippen LogP contribution >= 0.6 is 11.3 Å². The molecule has 0 saturated carbocycles. The highest BCUT2D eigenvalue weighted by molar-refractivity contribution is 7.89. The Labute approximate surface area is 146 Å². The van der Waals surface area contributed by atoms with Gasteiger partial charge in [0.25, 0.3) is 5.91 Å². The number of sulfonamides is 1. The normalized spacial score (nSPS) is 12.8. The summed E-state index contributed by atoms with van der Waals surface area (Å²) in [7, 11) is -1.67. The molecule has 1 atom stereocenters. The molecular formula is C16H22N3O3S2+. The fraction of sp³-hybridized carbons (Fsp3) is 0.312. The van der Waals surface area contributed by atoms with Crippen molar-refractivity contribution in [1.82, 2.24) is 5.32 Å². The first-order valence-corrected chi connectivity index (χ1v) is 10.0. The summed E-state index contributed by atoms with van der Waals surface area (Å²) in [4.78, 5) is 13.2. The second-order valence-corrected chi connectivity index (χ2v) is 8.07. The predicted octanol–water partition coefficient (Wildman–Crippen LogP) is -0.231. The van der Waals surface area contributed by atoms with Gasteiger partial charge in [0.2, 0.25) is 10.0 Å². The number of primary sulfonamides is 1. The lowest BCUT2D eigenvalue weighted by molar-refractivity contribution is -0.885. The van der Waals surface area contributed by atoms with E-state index in [0.717, 1.165) is 17.0 Å². The van der Waals surface area contributed by atoms with Gasteiger partial charge in [-0.05, 0) is 40.9 Å². The summed E-state index contributed by atoms with van der Waals surface area (Å²) in [6, 6.07) is 8.44. The summed E-state index contributed by atoms with van der Waals surface area (Å²) in [5, 5.41) is 12.1. The minimum absolute atomic E-state index is 0.00360. The molecule has 1 heterocycles. The fourth-order valence-corrected chi connectivity index (χ4v) is 3.52. The first-order valence-electron chi connectivity index (χ1n) is 7.55. The number of likely N-dealkylation sites (N-methyl/N-ethyl adjacent to an activating group) is 1. The van der Waals surface area contributed by atoms with Crippen LogP contribution in [-0.4, -0.2) is 34.5 Å². The predicted molar refractivity (Wildman–Crippen MR) is 94.3 cm³/mol. The maximum Gasteiger partial charge on any atom is 0.275 e. The molecule has 0 aliphatic carbocycles. The lowest BCUT2D eigenvalue weighted by atomic mass is 10.1. The van der Waals surface area contributed by atoms with Crippen molar-refractivity contribution in [3.05, 3.63) is 52.2 Å². The van der Waals surface area contributed by atoms with Crippen molar-refractivity contribution >= 4 is 27.3 Å². The van der Waals surface area contributed by atoms with Gasteiger partial charge in [0, 0.05) is 12.1 Å². The highest BCUT2D eigenvalue weighted by Gasteiger charge is 2.11. The molecule has 0 spiro atoms. The van der Waals surface area contributed by atoms with Crippen LogP contribution in [0.4, 0.5) is 0 Å². The molecule has 0 aliphatic heterocycles. The molecule has 1 unspecified atom stereocenters. The molecule has 24 heavy (non-hydrogen) atoms. The standard InChI is InChI=1S/C16H21N3O3S2/c1-19(10-14-7-9-23-12-14)11-16(20)18-8-6-13-2-4-15(5-3-13)24(17,21)22/h2-5,7,9,12H,6,8,10-11H2,1H3,(H,18,20)(H2,17,21,22)/p+1. The third kappa shape index (κ3) is 6.04. The van der Waals surface area contributed by atoms with Gasteiger partial charge >= 0.3 is 0 Å². The minimum Gasteiger partial charge on any atom is -0.351 e. The first-order chi connectivity index (χ1) is 11.3. The number of rotatable bonds is 8. The summed E-state index contributed by atoms with van der Waals surface area (Å²) in [5.74, 6) is 0.00360. The van der Waals surface area contributed by atoms with Crippen molar-refractivity contribution in [3.63, 3.8) is 0 Å². The zero-order valence-corrected chi connectivity index (χ0v) is 15.1. The Balaban J connectivity index is 1.72. The van der Waals surface area contributed by atoms with Crippen LogP contribution in [0, 0.1) is 0 Å². The zero-order valence-electron chi connectivity index (χ0n) is 13.5. The topological polar surface area (TPSA) is 93.7 Å². The molecule has 1 aromatic heterocycles.